The SMILES string of the molecule is COc1ccc(CN2CC3CCC(N)C3C2)cc1OC(F)F. The van der Waals surface area contributed by atoms with Crippen LogP contribution in [-0.2, 0) is 6.54 Å². The quantitative estimate of drug-likeness (QED) is 0.907. The van der Waals surface area contributed by atoms with E-state index in [1.807, 2.05) is 6.07 Å². The van der Waals surface area contributed by atoms with Crippen LogP contribution in [0.5, 0.6) is 11.5 Å². The van der Waals surface area contributed by atoms with E-state index < -0.39 is 6.61 Å². The first-order valence-corrected chi connectivity index (χ1v) is 7.66. The minimum absolute atomic E-state index is 0.0890. The fourth-order valence-corrected chi connectivity index (χ4v) is 3.79. The maximum atomic E-state index is 12.5. The summed E-state index contributed by atoms with van der Waals surface area (Å²) in [5.41, 5.74) is 7.09. The molecule has 1 heterocycles. The summed E-state index contributed by atoms with van der Waals surface area (Å²) in [6.45, 7) is -0.102. The predicted molar refractivity (Wildman–Crippen MR) is 79.1 cm³/mol. The summed E-state index contributed by atoms with van der Waals surface area (Å²) in [6, 6.07) is 5.52. The molecule has 1 saturated carbocycles. The van der Waals surface area contributed by atoms with Gasteiger partial charge in [-0.3, -0.25) is 4.90 Å². The Balaban J connectivity index is 1.68. The number of nitrogens with two attached hydrogens (primary N) is 1. The molecule has 1 aromatic carbocycles. The molecule has 0 spiro atoms. The molecule has 22 heavy (non-hydrogen) atoms. The van der Waals surface area contributed by atoms with Crippen molar-refractivity contribution < 1.29 is 18.3 Å². The van der Waals surface area contributed by atoms with Crippen LogP contribution in [0.2, 0.25) is 0 Å². The van der Waals surface area contributed by atoms with Gasteiger partial charge in [-0.25, -0.2) is 0 Å². The van der Waals surface area contributed by atoms with E-state index in [-0.39, 0.29) is 5.75 Å². The van der Waals surface area contributed by atoms with Gasteiger partial charge in [-0.2, -0.15) is 8.78 Å². The molecule has 1 aliphatic carbocycles. The van der Waals surface area contributed by atoms with E-state index in [0.717, 1.165) is 31.6 Å². The molecule has 3 atom stereocenters. The molecular weight excluding hydrogens is 290 g/mol. The first-order valence-electron chi connectivity index (χ1n) is 7.66. The van der Waals surface area contributed by atoms with E-state index in [1.165, 1.54) is 13.5 Å². The number of methoxy groups -OCH3 is 1. The molecule has 6 heteroatoms. The van der Waals surface area contributed by atoms with Crippen molar-refractivity contribution in [3.05, 3.63) is 23.8 Å². The molecule has 4 nitrogen and oxygen atoms in total. The fraction of sp³-hybridized carbons (Fsp3) is 0.625. The number of nitrogens with zero attached hydrogens (tertiary/aromatic N) is 1. The second kappa shape index (κ2) is 6.38. The predicted octanol–water partition coefficient (Wildman–Crippen LogP) is 2.47. The van der Waals surface area contributed by atoms with Crippen molar-refractivity contribution in [2.24, 2.45) is 17.6 Å². The molecule has 0 amide bonds. The molecule has 0 aromatic heterocycles. The number of hydrogen-bond acceptors (Lipinski definition) is 4. The van der Waals surface area contributed by atoms with Crippen LogP contribution >= 0.6 is 0 Å². The van der Waals surface area contributed by atoms with Crippen molar-refractivity contribution in [3.63, 3.8) is 0 Å². The Labute approximate surface area is 129 Å². The number of rotatable bonds is 5. The standard InChI is InChI=1S/C16H22F2N2O2/c1-21-14-5-2-10(6-15(14)22-16(17)18)7-20-8-11-3-4-13(19)12(11)9-20/h2,5-6,11-13,16H,3-4,7-9,19H2,1H3. The van der Waals surface area contributed by atoms with Crippen molar-refractivity contribution in [3.8, 4) is 11.5 Å². The van der Waals surface area contributed by atoms with Crippen molar-refractivity contribution >= 4 is 0 Å². The van der Waals surface area contributed by atoms with Gasteiger partial charge in [0.25, 0.3) is 0 Å². The molecule has 2 aliphatic rings. The lowest BCUT2D eigenvalue weighted by Crippen LogP contribution is -2.30. The number of likely N-dealkylation sites (tertiary alicyclic amines) is 1. The molecule has 0 radical (unpaired) electrons. The summed E-state index contributed by atoms with van der Waals surface area (Å²) in [5.74, 6) is 1.68. The van der Waals surface area contributed by atoms with Gasteiger partial charge >= 0.3 is 6.61 Å². The highest BCUT2D eigenvalue weighted by Gasteiger charge is 2.40. The molecule has 3 rings (SSSR count). The third kappa shape index (κ3) is 3.17. The van der Waals surface area contributed by atoms with Gasteiger partial charge in [0, 0.05) is 25.7 Å². The Morgan fingerprint density at radius 1 is 1.27 bits per heavy atom. The summed E-state index contributed by atoms with van der Waals surface area (Å²) in [6.07, 6.45) is 2.32. The van der Waals surface area contributed by atoms with Crippen LogP contribution in [0.25, 0.3) is 0 Å². The number of benzene rings is 1. The second-order valence-electron chi connectivity index (χ2n) is 6.22. The van der Waals surface area contributed by atoms with Gasteiger partial charge < -0.3 is 15.2 Å². The summed E-state index contributed by atoms with van der Waals surface area (Å²) < 4.78 is 34.5. The van der Waals surface area contributed by atoms with E-state index >= 15 is 0 Å². The van der Waals surface area contributed by atoms with Crippen molar-refractivity contribution in [1.82, 2.24) is 4.90 Å². The van der Waals surface area contributed by atoms with Gasteiger partial charge in [0.2, 0.25) is 0 Å². The lowest BCUT2D eigenvalue weighted by atomic mass is 9.98. The first kappa shape index (κ1) is 15.5. The molecule has 0 bridgehead atoms. The molecule has 1 aliphatic heterocycles. The third-order valence-electron chi connectivity index (χ3n) is 4.84. The maximum absolute atomic E-state index is 12.5. The molecule has 1 aromatic rings. The van der Waals surface area contributed by atoms with Crippen LogP contribution in [0.4, 0.5) is 8.78 Å². The smallest absolute Gasteiger partial charge is 0.387 e. The number of alkyl halides is 2. The van der Waals surface area contributed by atoms with Gasteiger partial charge in [-0.05, 0) is 42.4 Å². The van der Waals surface area contributed by atoms with Gasteiger partial charge in [0.15, 0.2) is 11.5 Å². The third-order valence-corrected chi connectivity index (χ3v) is 4.84. The number of ether oxygens (including phenoxy) is 2. The average Bonchev–Trinajstić information content (AvgIpc) is 3.01. The van der Waals surface area contributed by atoms with Gasteiger partial charge in [0.1, 0.15) is 0 Å². The summed E-state index contributed by atoms with van der Waals surface area (Å²) >= 11 is 0. The normalized spacial score (nSPS) is 28.1. The van der Waals surface area contributed by atoms with E-state index in [1.54, 1.807) is 12.1 Å². The Morgan fingerprint density at radius 2 is 2.09 bits per heavy atom. The second-order valence-corrected chi connectivity index (χ2v) is 6.22. The van der Waals surface area contributed by atoms with Crippen LogP contribution in [0.1, 0.15) is 18.4 Å². The Kier molecular flexibility index (Phi) is 4.49. The fourth-order valence-electron chi connectivity index (χ4n) is 3.79. The Bertz CT molecular complexity index is 527. The summed E-state index contributed by atoms with van der Waals surface area (Å²) in [4.78, 5) is 2.35. The van der Waals surface area contributed by atoms with E-state index in [4.69, 9.17) is 10.5 Å². The topological polar surface area (TPSA) is 47.7 Å². The average molecular weight is 312 g/mol. The van der Waals surface area contributed by atoms with Crippen molar-refractivity contribution in [2.45, 2.75) is 32.0 Å². The highest BCUT2D eigenvalue weighted by atomic mass is 19.3. The largest absolute Gasteiger partial charge is 0.493 e. The van der Waals surface area contributed by atoms with Gasteiger partial charge in [0.05, 0.1) is 7.11 Å². The first-order chi connectivity index (χ1) is 10.6. The molecule has 3 unspecified atom stereocenters. The van der Waals surface area contributed by atoms with Crippen molar-refractivity contribution in [1.29, 1.82) is 0 Å². The Morgan fingerprint density at radius 3 is 2.77 bits per heavy atom. The molecule has 2 N–H and O–H groups in total. The zero-order valence-corrected chi connectivity index (χ0v) is 12.7. The number of fused-ring (bicyclic) bond motifs is 1. The minimum atomic E-state index is -2.85. The van der Waals surface area contributed by atoms with Crippen LogP contribution in [0.3, 0.4) is 0 Å². The van der Waals surface area contributed by atoms with Crippen LogP contribution in [-0.4, -0.2) is 37.8 Å². The lowest BCUT2D eigenvalue weighted by molar-refractivity contribution is -0.0512. The molecular formula is C16H22F2N2O2. The van der Waals surface area contributed by atoms with Gasteiger partial charge in [-0.15, -0.1) is 0 Å². The monoisotopic (exact) mass is 312 g/mol. The molecule has 122 valence electrons. The number of hydrogen-bond donors (Lipinski definition) is 1. The van der Waals surface area contributed by atoms with Crippen LogP contribution in [0, 0.1) is 11.8 Å². The minimum Gasteiger partial charge on any atom is -0.493 e. The zero-order chi connectivity index (χ0) is 15.7. The van der Waals surface area contributed by atoms with Crippen LogP contribution < -0.4 is 15.2 Å². The van der Waals surface area contributed by atoms with Crippen molar-refractivity contribution in [2.75, 3.05) is 20.2 Å². The molecule has 2 fully saturated rings. The highest BCUT2D eigenvalue weighted by molar-refractivity contribution is 5.43. The number of halogens is 2. The summed E-state index contributed by atoms with van der Waals surface area (Å²) in [5, 5.41) is 0. The highest BCUT2D eigenvalue weighted by Crippen LogP contribution is 2.38. The van der Waals surface area contributed by atoms with E-state index in [2.05, 4.69) is 9.64 Å². The lowest BCUT2D eigenvalue weighted by Gasteiger charge is -2.19. The maximum Gasteiger partial charge on any atom is 0.387 e. The van der Waals surface area contributed by atoms with E-state index in [0.29, 0.717) is 23.6 Å². The van der Waals surface area contributed by atoms with Crippen LogP contribution in [0.15, 0.2) is 18.2 Å². The summed E-state index contributed by atoms with van der Waals surface area (Å²) in [7, 11) is 1.44. The van der Waals surface area contributed by atoms with E-state index in [9.17, 15) is 8.78 Å². The molecule has 1 saturated heterocycles. The van der Waals surface area contributed by atoms with Gasteiger partial charge in [-0.1, -0.05) is 6.07 Å². The Hall–Kier alpha value is -1.40. The zero-order valence-electron chi connectivity index (χ0n) is 12.7.